The van der Waals surface area contributed by atoms with E-state index in [2.05, 4.69) is 4.98 Å². The van der Waals surface area contributed by atoms with E-state index in [0.717, 1.165) is 16.0 Å². The second-order valence-corrected chi connectivity index (χ2v) is 9.01. The van der Waals surface area contributed by atoms with E-state index in [1.165, 1.54) is 23.5 Å². The Morgan fingerprint density at radius 1 is 1.21 bits per heavy atom. The number of halogens is 2. The molecule has 0 radical (unpaired) electrons. The molecule has 0 N–H and O–H groups in total. The van der Waals surface area contributed by atoms with Crippen LogP contribution in [0.5, 0.6) is 5.75 Å². The van der Waals surface area contributed by atoms with Gasteiger partial charge in [0.1, 0.15) is 11.6 Å². The molecule has 0 aliphatic carbocycles. The minimum absolute atomic E-state index is 0. The predicted molar refractivity (Wildman–Crippen MR) is 131 cm³/mol. The molecule has 0 bridgehead atoms. The van der Waals surface area contributed by atoms with Crippen molar-refractivity contribution in [3.05, 3.63) is 48.3 Å². The molecular formula is C23H26ClFN4O3S. The molecule has 3 aromatic rings. The van der Waals surface area contributed by atoms with Crippen LogP contribution in [-0.2, 0) is 9.59 Å². The highest BCUT2D eigenvalue weighted by atomic mass is 35.5. The number of carbonyl (C=O) groups excluding carboxylic acids is 2. The quantitative estimate of drug-likeness (QED) is 0.501. The first-order valence-electron chi connectivity index (χ1n) is 10.3. The van der Waals surface area contributed by atoms with E-state index in [4.69, 9.17) is 4.74 Å². The number of rotatable bonds is 7. The number of methoxy groups -OCH3 is 1. The van der Waals surface area contributed by atoms with Gasteiger partial charge < -0.3 is 14.5 Å². The fourth-order valence-electron chi connectivity index (χ4n) is 3.70. The average Bonchev–Trinajstić information content (AvgIpc) is 3.37. The number of ether oxygens (including phenoxy) is 1. The van der Waals surface area contributed by atoms with Crippen molar-refractivity contribution < 1.29 is 18.7 Å². The van der Waals surface area contributed by atoms with Crippen LogP contribution < -0.4 is 14.5 Å². The number of nitrogens with zero attached hydrogens (tertiary/aromatic N) is 4. The number of hydrogen-bond donors (Lipinski definition) is 0. The minimum Gasteiger partial charge on any atom is -0.497 e. The number of fused-ring (bicyclic) bond motifs is 1. The Bertz CT molecular complexity index is 1140. The van der Waals surface area contributed by atoms with Gasteiger partial charge in [0.2, 0.25) is 11.8 Å². The van der Waals surface area contributed by atoms with Crippen molar-refractivity contribution in [2.75, 3.05) is 50.6 Å². The van der Waals surface area contributed by atoms with Gasteiger partial charge in [0.15, 0.2) is 5.13 Å². The van der Waals surface area contributed by atoms with E-state index in [-0.39, 0.29) is 43.0 Å². The maximum absolute atomic E-state index is 13.5. The van der Waals surface area contributed by atoms with Crippen molar-refractivity contribution in [1.82, 2.24) is 9.88 Å². The molecule has 33 heavy (non-hydrogen) atoms. The van der Waals surface area contributed by atoms with Gasteiger partial charge in [0.25, 0.3) is 0 Å². The fourth-order valence-corrected chi connectivity index (χ4v) is 4.72. The molecule has 2 aromatic carbocycles. The van der Waals surface area contributed by atoms with Crippen LogP contribution in [0.4, 0.5) is 15.2 Å². The summed E-state index contributed by atoms with van der Waals surface area (Å²) in [5.74, 6) is -0.394. The topological polar surface area (TPSA) is 66.0 Å². The monoisotopic (exact) mass is 492 g/mol. The largest absolute Gasteiger partial charge is 0.497 e. The zero-order chi connectivity index (χ0) is 22.8. The Morgan fingerprint density at radius 3 is 2.61 bits per heavy atom. The highest BCUT2D eigenvalue weighted by molar-refractivity contribution is 7.22. The fraction of sp³-hybridized carbons (Fsp3) is 0.348. The number of hydrogen-bond acceptors (Lipinski definition) is 6. The summed E-state index contributed by atoms with van der Waals surface area (Å²) in [6.45, 7) is 1.39. The zero-order valence-corrected chi connectivity index (χ0v) is 20.3. The van der Waals surface area contributed by atoms with Crippen molar-refractivity contribution in [2.45, 2.75) is 6.42 Å². The SMILES string of the molecule is COc1ccc2nc(N(CCN(C)C)C(=O)C3CC(=O)N(c4ccc(F)cc4)C3)sc2c1.Cl. The summed E-state index contributed by atoms with van der Waals surface area (Å²) >= 11 is 1.43. The van der Waals surface area contributed by atoms with Crippen LogP contribution in [0.3, 0.4) is 0 Å². The predicted octanol–water partition coefficient (Wildman–Crippen LogP) is 3.81. The Balaban J connectivity index is 0.00000306. The molecule has 0 saturated carbocycles. The maximum atomic E-state index is 13.5. The summed E-state index contributed by atoms with van der Waals surface area (Å²) in [4.78, 5) is 36.1. The molecule has 1 saturated heterocycles. The standard InChI is InChI=1S/C23H25FN4O3S.ClH/c1-26(2)10-11-27(23-25-19-9-8-18(31-3)13-20(19)32-23)22(30)15-12-21(29)28(14-15)17-6-4-16(24)5-7-17;/h4-9,13,15H,10-12,14H2,1-3H3;1H. The van der Waals surface area contributed by atoms with Gasteiger partial charge in [-0.1, -0.05) is 11.3 Å². The molecule has 1 unspecified atom stereocenters. The molecule has 1 atom stereocenters. The summed E-state index contributed by atoms with van der Waals surface area (Å²) in [6, 6.07) is 11.4. The van der Waals surface area contributed by atoms with Crippen molar-refractivity contribution in [3.63, 3.8) is 0 Å². The van der Waals surface area contributed by atoms with Crippen LogP contribution in [0.25, 0.3) is 10.2 Å². The number of benzene rings is 2. The van der Waals surface area contributed by atoms with E-state index in [0.29, 0.717) is 23.9 Å². The third-order valence-electron chi connectivity index (χ3n) is 5.46. The molecule has 10 heteroatoms. The molecule has 2 heterocycles. The molecule has 2 amide bonds. The number of anilines is 2. The maximum Gasteiger partial charge on any atom is 0.234 e. The molecular weight excluding hydrogens is 467 g/mol. The molecule has 1 aromatic heterocycles. The normalized spacial score (nSPS) is 15.7. The Kier molecular flexibility index (Phi) is 7.88. The van der Waals surface area contributed by atoms with Gasteiger partial charge in [-0.2, -0.15) is 0 Å². The summed E-state index contributed by atoms with van der Waals surface area (Å²) in [7, 11) is 5.50. The second-order valence-electron chi connectivity index (χ2n) is 8.01. The molecule has 1 aliphatic rings. The lowest BCUT2D eigenvalue weighted by molar-refractivity contribution is -0.124. The lowest BCUT2D eigenvalue weighted by Gasteiger charge is -2.24. The van der Waals surface area contributed by atoms with Crippen molar-refractivity contribution in [3.8, 4) is 5.75 Å². The van der Waals surface area contributed by atoms with E-state index >= 15 is 0 Å². The number of aromatic nitrogens is 1. The molecule has 176 valence electrons. The first kappa shape index (κ1) is 24.9. The van der Waals surface area contributed by atoms with Crippen LogP contribution in [0, 0.1) is 11.7 Å². The van der Waals surface area contributed by atoms with E-state index in [9.17, 15) is 14.0 Å². The summed E-state index contributed by atoms with van der Waals surface area (Å²) in [5.41, 5.74) is 1.39. The summed E-state index contributed by atoms with van der Waals surface area (Å²) in [5, 5.41) is 0.604. The second kappa shape index (κ2) is 10.5. The highest BCUT2D eigenvalue weighted by Gasteiger charge is 2.38. The van der Waals surface area contributed by atoms with Crippen LogP contribution in [0.15, 0.2) is 42.5 Å². The number of likely N-dealkylation sites (N-methyl/N-ethyl adjacent to an activating group) is 1. The van der Waals surface area contributed by atoms with Gasteiger partial charge in [-0.15, -0.1) is 12.4 Å². The third kappa shape index (κ3) is 5.43. The van der Waals surface area contributed by atoms with Crippen molar-refractivity contribution >= 4 is 56.6 Å². The van der Waals surface area contributed by atoms with Crippen molar-refractivity contribution in [2.24, 2.45) is 5.92 Å². The lowest BCUT2D eigenvalue weighted by atomic mass is 10.1. The van der Waals surface area contributed by atoms with Gasteiger partial charge in [-0.3, -0.25) is 14.5 Å². The van der Waals surface area contributed by atoms with Gasteiger partial charge in [0, 0.05) is 31.7 Å². The zero-order valence-electron chi connectivity index (χ0n) is 18.7. The first-order valence-corrected chi connectivity index (χ1v) is 11.1. The Morgan fingerprint density at radius 2 is 1.94 bits per heavy atom. The van der Waals surface area contributed by atoms with Crippen LogP contribution in [0.2, 0.25) is 0 Å². The molecule has 0 spiro atoms. The number of carbonyl (C=O) groups is 2. The summed E-state index contributed by atoms with van der Waals surface area (Å²) in [6.07, 6.45) is 0.118. The number of amides is 2. The number of thiazole rings is 1. The molecule has 1 aliphatic heterocycles. The minimum atomic E-state index is -0.490. The van der Waals surface area contributed by atoms with Gasteiger partial charge >= 0.3 is 0 Å². The average molecular weight is 493 g/mol. The summed E-state index contributed by atoms with van der Waals surface area (Å²) < 4.78 is 19.5. The van der Waals surface area contributed by atoms with Gasteiger partial charge in [0.05, 0.1) is 23.2 Å². The highest BCUT2D eigenvalue weighted by Crippen LogP contribution is 2.34. The van der Waals surface area contributed by atoms with Crippen LogP contribution in [0.1, 0.15) is 6.42 Å². The molecule has 1 fully saturated rings. The Labute approximate surface area is 202 Å². The smallest absolute Gasteiger partial charge is 0.234 e. The van der Waals surface area contributed by atoms with Crippen LogP contribution in [-0.4, -0.2) is 62.5 Å². The van der Waals surface area contributed by atoms with Gasteiger partial charge in [-0.05, 0) is 56.6 Å². The van der Waals surface area contributed by atoms with E-state index in [1.807, 2.05) is 37.2 Å². The van der Waals surface area contributed by atoms with Gasteiger partial charge in [-0.25, -0.2) is 9.37 Å². The van der Waals surface area contributed by atoms with Crippen molar-refractivity contribution in [1.29, 1.82) is 0 Å². The molecule has 7 nitrogen and oxygen atoms in total. The Hall–Kier alpha value is -2.75. The van der Waals surface area contributed by atoms with E-state index in [1.54, 1.807) is 29.0 Å². The third-order valence-corrected chi connectivity index (χ3v) is 6.51. The lowest BCUT2D eigenvalue weighted by Crippen LogP contribution is -2.41. The van der Waals surface area contributed by atoms with Crippen LogP contribution >= 0.6 is 23.7 Å². The van der Waals surface area contributed by atoms with E-state index < -0.39 is 5.92 Å². The first-order chi connectivity index (χ1) is 15.4. The molecule has 4 rings (SSSR count).